The van der Waals surface area contributed by atoms with E-state index in [0.717, 1.165) is 36.9 Å². The molecule has 0 bridgehead atoms. The van der Waals surface area contributed by atoms with E-state index in [9.17, 15) is 10.2 Å². The van der Waals surface area contributed by atoms with Crippen LogP contribution >= 0.6 is 0 Å². The summed E-state index contributed by atoms with van der Waals surface area (Å²) in [5.74, 6) is 0.378. The number of nitrogens with two attached hydrogens (primary N) is 1. The molecule has 43 heavy (non-hydrogen) atoms. The van der Waals surface area contributed by atoms with Crippen LogP contribution in [0.2, 0.25) is 0 Å². The van der Waals surface area contributed by atoms with Crippen LogP contribution in [0.15, 0.2) is 97.3 Å². The Morgan fingerprint density at radius 2 is 1.47 bits per heavy atom. The molecule has 5 aromatic rings. The van der Waals surface area contributed by atoms with Gasteiger partial charge in [0.1, 0.15) is 18.2 Å². The fraction of sp³-hybridized carbons (Fsp3) is 0.324. The summed E-state index contributed by atoms with van der Waals surface area (Å²) in [6, 6.07) is 31.9. The molecule has 1 aliphatic heterocycles. The predicted molar refractivity (Wildman–Crippen MR) is 166 cm³/mol. The fourth-order valence-electron chi connectivity index (χ4n) is 6.21. The molecule has 0 aliphatic carbocycles. The number of rotatable bonds is 12. The molecule has 1 aliphatic rings. The minimum atomic E-state index is -0.765. The van der Waals surface area contributed by atoms with Gasteiger partial charge in [-0.1, -0.05) is 97.4 Å². The summed E-state index contributed by atoms with van der Waals surface area (Å²) in [6.45, 7) is 0.560. The molecule has 1 fully saturated rings. The number of aliphatic hydroxyl groups excluding tert-OH is 2. The number of nitrogen functional groups attached to an aromatic ring is 1. The highest BCUT2D eigenvalue weighted by atomic mass is 16.5. The number of fused-ring (bicyclic) bond motifs is 1. The predicted octanol–water partition coefficient (Wildman–Crippen LogP) is 4.34. The van der Waals surface area contributed by atoms with Crippen molar-refractivity contribution in [2.24, 2.45) is 0 Å². The molecule has 0 spiro atoms. The summed E-state index contributed by atoms with van der Waals surface area (Å²) in [6.07, 6.45) is 3.37. The van der Waals surface area contributed by atoms with Gasteiger partial charge in [-0.2, -0.15) is 5.10 Å². The lowest BCUT2D eigenvalue weighted by Gasteiger charge is -2.37. The van der Waals surface area contributed by atoms with Crippen LogP contribution in [0.1, 0.15) is 54.3 Å². The first-order valence-electron chi connectivity index (χ1n) is 15.0. The maximum Gasteiger partial charge on any atom is 0.166 e. The Morgan fingerprint density at radius 1 is 0.860 bits per heavy atom. The lowest BCUT2D eigenvalue weighted by atomic mass is 9.77. The molecule has 9 nitrogen and oxygen atoms in total. The van der Waals surface area contributed by atoms with E-state index in [4.69, 9.17) is 15.6 Å². The first kappa shape index (κ1) is 28.9. The van der Waals surface area contributed by atoms with Crippen molar-refractivity contribution in [3.05, 3.63) is 120 Å². The van der Waals surface area contributed by atoms with Crippen LogP contribution in [-0.4, -0.2) is 55.3 Å². The van der Waals surface area contributed by atoms with Crippen LogP contribution in [0.4, 0.5) is 5.82 Å². The number of aliphatic hydroxyl groups is 2. The SMILES string of the molecule is Nc1ncnc2c1c(CCCCCNC(c1ccccc1)(c1ccccc1)c1ccccc1)nn2[C@H]1C[C@H](O)[C@@H](CO)O1. The van der Waals surface area contributed by atoms with Crippen LogP contribution in [-0.2, 0) is 16.7 Å². The number of benzene rings is 3. The molecule has 2 aromatic heterocycles. The summed E-state index contributed by atoms with van der Waals surface area (Å²) in [5, 5.41) is 29.3. The standard InChI is InChI=1S/C34H38N6O3/c35-32-31-27(39-40(33(31)37-23-36-32)30-21-28(42)29(22-41)43-30)19-11-4-12-20-38-34(24-13-5-1-6-14-24,25-15-7-2-8-16-25)26-17-9-3-10-18-26/h1-3,5-10,13-18,23,28-30,38,41-42H,4,11-12,19-22H2,(H2,35,36,37)/t28-,29+,30+/m0/s1. The zero-order chi connectivity index (χ0) is 29.6. The number of nitrogens with one attached hydrogen (secondary N) is 1. The number of unbranched alkanes of at least 4 members (excludes halogenated alkanes) is 2. The molecule has 222 valence electrons. The Bertz CT molecular complexity index is 1520. The third kappa shape index (κ3) is 5.77. The van der Waals surface area contributed by atoms with E-state index >= 15 is 0 Å². The average Bonchev–Trinajstić information content (AvgIpc) is 3.62. The molecule has 3 heterocycles. The average molecular weight is 579 g/mol. The lowest BCUT2D eigenvalue weighted by molar-refractivity contribution is -0.0471. The Labute approximate surface area is 251 Å². The Hall–Kier alpha value is -4.15. The summed E-state index contributed by atoms with van der Waals surface area (Å²) in [7, 11) is 0. The van der Waals surface area contributed by atoms with E-state index in [-0.39, 0.29) is 6.61 Å². The lowest BCUT2D eigenvalue weighted by Crippen LogP contribution is -2.45. The van der Waals surface area contributed by atoms with Crippen LogP contribution in [0, 0.1) is 0 Å². The highest BCUT2D eigenvalue weighted by Crippen LogP contribution is 2.37. The van der Waals surface area contributed by atoms with Gasteiger partial charge >= 0.3 is 0 Å². The van der Waals surface area contributed by atoms with E-state index in [1.54, 1.807) is 4.68 Å². The van der Waals surface area contributed by atoms with Crippen molar-refractivity contribution >= 4 is 16.9 Å². The minimum absolute atomic E-state index is 0.255. The van der Waals surface area contributed by atoms with Gasteiger partial charge in [0.2, 0.25) is 0 Å². The van der Waals surface area contributed by atoms with Crippen LogP contribution in [0.25, 0.3) is 11.0 Å². The smallest absolute Gasteiger partial charge is 0.166 e. The normalized spacial score (nSPS) is 18.8. The van der Waals surface area contributed by atoms with Gasteiger partial charge in [-0.3, -0.25) is 5.32 Å². The van der Waals surface area contributed by atoms with E-state index in [0.29, 0.717) is 24.3 Å². The number of aromatic nitrogens is 4. The molecular formula is C34H38N6O3. The molecular weight excluding hydrogens is 540 g/mol. The second-order valence-corrected chi connectivity index (χ2v) is 11.0. The molecule has 0 radical (unpaired) electrons. The molecule has 9 heteroatoms. The maximum atomic E-state index is 10.3. The molecule has 1 saturated heterocycles. The highest BCUT2D eigenvalue weighted by Gasteiger charge is 2.37. The van der Waals surface area contributed by atoms with Gasteiger partial charge in [-0.05, 0) is 42.5 Å². The quantitative estimate of drug-likeness (QED) is 0.127. The van der Waals surface area contributed by atoms with Crippen molar-refractivity contribution in [3.8, 4) is 0 Å². The largest absolute Gasteiger partial charge is 0.394 e. The zero-order valence-corrected chi connectivity index (χ0v) is 24.1. The summed E-state index contributed by atoms with van der Waals surface area (Å²) < 4.78 is 7.54. The topological polar surface area (TPSA) is 131 Å². The van der Waals surface area contributed by atoms with Crippen LogP contribution < -0.4 is 11.1 Å². The molecule has 0 amide bonds. The van der Waals surface area contributed by atoms with Crippen molar-refractivity contribution in [1.82, 2.24) is 25.1 Å². The molecule has 0 unspecified atom stereocenters. The molecule has 6 rings (SSSR count). The molecule has 5 N–H and O–H groups in total. The summed E-state index contributed by atoms with van der Waals surface area (Å²) in [5.41, 5.74) is 10.8. The van der Waals surface area contributed by atoms with E-state index in [2.05, 4.69) is 106 Å². The highest BCUT2D eigenvalue weighted by molar-refractivity contribution is 5.88. The van der Waals surface area contributed by atoms with Crippen LogP contribution in [0.3, 0.4) is 0 Å². The van der Waals surface area contributed by atoms with Gasteiger partial charge in [-0.25, -0.2) is 14.6 Å². The fourth-order valence-corrected chi connectivity index (χ4v) is 6.21. The zero-order valence-electron chi connectivity index (χ0n) is 24.1. The van der Waals surface area contributed by atoms with Gasteiger partial charge < -0.3 is 20.7 Å². The van der Waals surface area contributed by atoms with Crippen molar-refractivity contribution in [2.45, 2.75) is 56.1 Å². The van der Waals surface area contributed by atoms with Crippen molar-refractivity contribution in [3.63, 3.8) is 0 Å². The number of nitrogens with zero attached hydrogens (tertiary/aromatic N) is 4. The Morgan fingerprint density at radius 3 is 2.02 bits per heavy atom. The number of hydrogen-bond donors (Lipinski definition) is 4. The van der Waals surface area contributed by atoms with Gasteiger partial charge in [0.25, 0.3) is 0 Å². The van der Waals surface area contributed by atoms with Crippen LogP contribution in [0.5, 0.6) is 0 Å². The monoisotopic (exact) mass is 578 g/mol. The van der Waals surface area contributed by atoms with E-state index < -0.39 is 24.0 Å². The number of anilines is 1. The first-order chi connectivity index (χ1) is 21.1. The second-order valence-electron chi connectivity index (χ2n) is 11.0. The second kappa shape index (κ2) is 13.0. The van der Waals surface area contributed by atoms with Crippen molar-refractivity contribution in [2.75, 3.05) is 18.9 Å². The van der Waals surface area contributed by atoms with Gasteiger partial charge in [0.05, 0.1) is 29.3 Å². The van der Waals surface area contributed by atoms with Crippen molar-refractivity contribution < 1.29 is 14.9 Å². The number of aryl methyl sites for hydroxylation is 1. The van der Waals surface area contributed by atoms with Gasteiger partial charge in [0, 0.05) is 6.42 Å². The van der Waals surface area contributed by atoms with E-state index in [1.165, 1.54) is 23.0 Å². The summed E-state index contributed by atoms with van der Waals surface area (Å²) >= 11 is 0. The maximum absolute atomic E-state index is 10.3. The first-order valence-corrected chi connectivity index (χ1v) is 15.0. The number of ether oxygens (including phenoxy) is 1. The minimum Gasteiger partial charge on any atom is -0.394 e. The Balaban J connectivity index is 1.17. The van der Waals surface area contributed by atoms with E-state index in [1.807, 2.05) is 0 Å². The Kier molecular flexibility index (Phi) is 8.76. The third-order valence-electron chi connectivity index (χ3n) is 8.35. The third-order valence-corrected chi connectivity index (χ3v) is 8.35. The van der Waals surface area contributed by atoms with Gasteiger partial charge in [-0.15, -0.1) is 0 Å². The molecule has 3 aromatic carbocycles. The summed E-state index contributed by atoms with van der Waals surface area (Å²) in [4.78, 5) is 8.63. The molecule has 3 atom stereocenters. The number of hydrogen-bond acceptors (Lipinski definition) is 8. The van der Waals surface area contributed by atoms with Crippen molar-refractivity contribution in [1.29, 1.82) is 0 Å². The van der Waals surface area contributed by atoms with Gasteiger partial charge in [0.15, 0.2) is 11.9 Å². The molecule has 0 saturated carbocycles.